The summed E-state index contributed by atoms with van der Waals surface area (Å²) in [6, 6.07) is 7.00. The monoisotopic (exact) mass is 271 g/mol. The summed E-state index contributed by atoms with van der Waals surface area (Å²) in [5.74, 6) is 0. The van der Waals surface area contributed by atoms with Crippen LogP contribution in [0.1, 0.15) is 68.1 Å². The van der Waals surface area contributed by atoms with E-state index in [-0.39, 0.29) is 5.41 Å². The largest absolute Gasteiger partial charge is 0.330 e. The van der Waals surface area contributed by atoms with Crippen LogP contribution in [0.15, 0.2) is 18.2 Å². The Morgan fingerprint density at radius 3 is 2.15 bits per heavy atom. The highest BCUT2D eigenvalue weighted by Gasteiger charge is 2.53. The van der Waals surface area contributed by atoms with Crippen molar-refractivity contribution in [3.63, 3.8) is 0 Å². The third-order valence-corrected chi connectivity index (χ3v) is 6.10. The molecule has 0 unspecified atom stereocenters. The van der Waals surface area contributed by atoms with Crippen LogP contribution in [0.2, 0.25) is 0 Å². The first-order valence-corrected chi connectivity index (χ1v) is 8.37. The van der Waals surface area contributed by atoms with Crippen LogP contribution in [0.4, 0.5) is 0 Å². The Bertz CT molecular complexity index is 473. The summed E-state index contributed by atoms with van der Waals surface area (Å²) < 4.78 is 0. The van der Waals surface area contributed by atoms with Gasteiger partial charge in [0.1, 0.15) is 0 Å². The molecule has 1 spiro atoms. The van der Waals surface area contributed by atoms with E-state index in [2.05, 4.69) is 32.0 Å². The lowest BCUT2D eigenvalue weighted by Crippen LogP contribution is -2.53. The molecule has 1 heteroatoms. The maximum Gasteiger partial charge on any atom is 0.00862 e. The first-order chi connectivity index (χ1) is 9.59. The second-order valence-electron chi connectivity index (χ2n) is 7.55. The van der Waals surface area contributed by atoms with Crippen molar-refractivity contribution in [3.8, 4) is 0 Å². The molecule has 0 heterocycles. The fourth-order valence-corrected chi connectivity index (χ4v) is 4.75. The van der Waals surface area contributed by atoms with E-state index in [1.165, 1.54) is 68.1 Å². The minimum Gasteiger partial charge on any atom is -0.330 e. The van der Waals surface area contributed by atoms with Crippen LogP contribution < -0.4 is 5.73 Å². The summed E-state index contributed by atoms with van der Waals surface area (Å²) >= 11 is 0. The molecular weight excluding hydrogens is 242 g/mol. The van der Waals surface area contributed by atoms with E-state index in [0.29, 0.717) is 5.41 Å². The van der Waals surface area contributed by atoms with Gasteiger partial charge in [-0.25, -0.2) is 0 Å². The van der Waals surface area contributed by atoms with Gasteiger partial charge in [0, 0.05) is 12.0 Å². The molecule has 1 aromatic carbocycles. The summed E-state index contributed by atoms with van der Waals surface area (Å²) in [6.07, 6.45) is 11.3. The Labute approximate surface area is 124 Å². The molecule has 1 nitrogen and oxygen atoms in total. The van der Waals surface area contributed by atoms with Crippen molar-refractivity contribution in [2.75, 3.05) is 6.54 Å². The van der Waals surface area contributed by atoms with Gasteiger partial charge in [-0.05, 0) is 61.6 Å². The summed E-state index contributed by atoms with van der Waals surface area (Å²) in [7, 11) is 0. The first kappa shape index (κ1) is 14.1. The highest BCUT2D eigenvalue weighted by Crippen LogP contribution is 2.60. The normalized spacial score (nSPS) is 24.1. The third kappa shape index (κ3) is 2.30. The van der Waals surface area contributed by atoms with Crippen LogP contribution in [0, 0.1) is 19.3 Å². The molecule has 20 heavy (non-hydrogen) atoms. The van der Waals surface area contributed by atoms with Crippen molar-refractivity contribution in [2.24, 2.45) is 11.1 Å². The van der Waals surface area contributed by atoms with Crippen molar-refractivity contribution in [1.82, 2.24) is 0 Å². The van der Waals surface area contributed by atoms with Gasteiger partial charge in [-0.15, -0.1) is 0 Å². The molecule has 2 aliphatic carbocycles. The van der Waals surface area contributed by atoms with E-state index >= 15 is 0 Å². The third-order valence-electron chi connectivity index (χ3n) is 6.10. The Morgan fingerprint density at radius 1 is 0.950 bits per heavy atom. The predicted molar refractivity (Wildman–Crippen MR) is 86.0 cm³/mol. The van der Waals surface area contributed by atoms with E-state index in [4.69, 9.17) is 5.73 Å². The van der Waals surface area contributed by atoms with Gasteiger partial charge in [0.15, 0.2) is 0 Å². The number of aryl methyl sites for hydroxylation is 2. The van der Waals surface area contributed by atoms with Crippen molar-refractivity contribution in [1.29, 1.82) is 0 Å². The molecule has 2 N–H and O–H groups in total. The van der Waals surface area contributed by atoms with Crippen LogP contribution >= 0.6 is 0 Å². The zero-order valence-corrected chi connectivity index (χ0v) is 13.2. The summed E-state index contributed by atoms with van der Waals surface area (Å²) in [4.78, 5) is 0. The van der Waals surface area contributed by atoms with Gasteiger partial charge in [0.2, 0.25) is 0 Å². The second kappa shape index (κ2) is 5.18. The minimum atomic E-state index is 0.281. The van der Waals surface area contributed by atoms with Gasteiger partial charge >= 0.3 is 0 Å². The molecule has 3 rings (SSSR count). The molecule has 1 aromatic rings. The van der Waals surface area contributed by atoms with Crippen LogP contribution in [0.5, 0.6) is 0 Å². The minimum absolute atomic E-state index is 0.281. The molecule has 0 aliphatic heterocycles. The highest BCUT2D eigenvalue weighted by molar-refractivity contribution is 5.38. The number of benzene rings is 1. The standard InChI is InChI=1S/C19H29N/c1-15-7-8-17(11-16(15)2)19(14-20)12-18(13-19)9-5-3-4-6-10-18/h7-8,11H,3-6,9-10,12-14,20H2,1-2H3. The van der Waals surface area contributed by atoms with Gasteiger partial charge in [-0.1, -0.05) is 43.9 Å². The number of rotatable bonds is 2. The lowest BCUT2D eigenvalue weighted by atomic mass is 9.48. The average molecular weight is 271 g/mol. The van der Waals surface area contributed by atoms with Gasteiger partial charge in [0.25, 0.3) is 0 Å². The quantitative estimate of drug-likeness (QED) is 0.833. The topological polar surface area (TPSA) is 26.0 Å². The zero-order valence-electron chi connectivity index (χ0n) is 13.2. The molecule has 110 valence electrons. The van der Waals surface area contributed by atoms with Gasteiger partial charge in [0.05, 0.1) is 0 Å². The van der Waals surface area contributed by atoms with Crippen molar-refractivity contribution in [2.45, 2.75) is 70.6 Å². The summed E-state index contributed by atoms with van der Waals surface area (Å²) in [6.45, 7) is 5.24. The van der Waals surface area contributed by atoms with Gasteiger partial charge < -0.3 is 5.73 Å². The Balaban J connectivity index is 1.82. The average Bonchev–Trinajstić information content (AvgIpc) is 2.65. The fraction of sp³-hybridized carbons (Fsp3) is 0.684. The maximum absolute atomic E-state index is 6.22. The van der Waals surface area contributed by atoms with Gasteiger partial charge in [-0.3, -0.25) is 0 Å². The number of hydrogen-bond acceptors (Lipinski definition) is 1. The molecule has 0 atom stereocenters. The smallest absolute Gasteiger partial charge is 0.00862 e. The first-order valence-electron chi connectivity index (χ1n) is 8.37. The van der Waals surface area contributed by atoms with Crippen LogP contribution in [0.3, 0.4) is 0 Å². The molecule has 2 fully saturated rings. The van der Waals surface area contributed by atoms with E-state index in [9.17, 15) is 0 Å². The predicted octanol–water partition coefficient (Wildman–Crippen LogP) is 4.63. The summed E-state index contributed by atoms with van der Waals surface area (Å²) in [5, 5.41) is 0. The molecular formula is C19H29N. The Morgan fingerprint density at radius 2 is 1.60 bits per heavy atom. The Kier molecular flexibility index (Phi) is 3.66. The lowest BCUT2D eigenvalue weighted by Gasteiger charge is -2.57. The van der Waals surface area contributed by atoms with Crippen LogP contribution in [0.25, 0.3) is 0 Å². The van der Waals surface area contributed by atoms with Gasteiger partial charge in [-0.2, -0.15) is 0 Å². The van der Waals surface area contributed by atoms with E-state index in [1.807, 2.05) is 0 Å². The number of nitrogens with two attached hydrogens (primary N) is 1. The summed E-state index contributed by atoms with van der Waals surface area (Å²) in [5.41, 5.74) is 11.4. The van der Waals surface area contributed by atoms with Crippen LogP contribution in [-0.4, -0.2) is 6.54 Å². The van der Waals surface area contributed by atoms with Crippen molar-refractivity contribution in [3.05, 3.63) is 34.9 Å². The second-order valence-corrected chi connectivity index (χ2v) is 7.55. The zero-order chi connectivity index (χ0) is 14.2. The van der Waals surface area contributed by atoms with Crippen molar-refractivity contribution < 1.29 is 0 Å². The molecule has 2 aliphatic rings. The molecule has 0 bridgehead atoms. The number of hydrogen-bond donors (Lipinski definition) is 1. The highest BCUT2D eigenvalue weighted by atomic mass is 14.7. The molecule has 0 saturated heterocycles. The maximum atomic E-state index is 6.22. The molecule has 0 radical (unpaired) electrons. The SMILES string of the molecule is Cc1ccc(C2(CN)CC3(CCCCCC3)C2)cc1C. The van der Waals surface area contributed by atoms with E-state index in [0.717, 1.165) is 6.54 Å². The fourth-order valence-electron chi connectivity index (χ4n) is 4.75. The van der Waals surface area contributed by atoms with Crippen molar-refractivity contribution >= 4 is 0 Å². The Hall–Kier alpha value is -0.820. The van der Waals surface area contributed by atoms with E-state index in [1.54, 1.807) is 0 Å². The van der Waals surface area contributed by atoms with Crippen LogP contribution in [-0.2, 0) is 5.41 Å². The molecule has 0 aromatic heterocycles. The lowest BCUT2D eigenvalue weighted by molar-refractivity contribution is 0.0112. The van der Waals surface area contributed by atoms with E-state index < -0.39 is 0 Å². The molecule has 2 saturated carbocycles. The molecule has 0 amide bonds.